The number of para-hydroxylation sites is 1. The number of hydrogen-bond donors (Lipinski definition) is 1. The molecule has 2 rings (SSSR count). The van der Waals surface area contributed by atoms with Gasteiger partial charge >= 0.3 is 0 Å². The van der Waals surface area contributed by atoms with Crippen LogP contribution in [-0.2, 0) is 0 Å². The summed E-state index contributed by atoms with van der Waals surface area (Å²) in [5.74, 6) is 0. The van der Waals surface area contributed by atoms with E-state index in [2.05, 4.69) is 48.7 Å². The van der Waals surface area contributed by atoms with Gasteiger partial charge in [-0.2, -0.15) is 0 Å². The molecule has 1 heteroatoms. The second-order valence-corrected chi connectivity index (χ2v) is 4.11. The molecule has 1 nitrogen and oxygen atoms in total. The van der Waals surface area contributed by atoms with Gasteiger partial charge < -0.3 is 5.32 Å². The molecule has 0 amide bonds. The fourth-order valence-corrected chi connectivity index (χ4v) is 2.29. The third-order valence-corrected chi connectivity index (χ3v) is 3.19. The van der Waals surface area contributed by atoms with Crippen LogP contribution in [0.25, 0.3) is 5.57 Å². The van der Waals surface area contributed by atoms with E-state index in [4.69, 9.17) is 0 Å². The van der Waals surface area contributed by atoms with Gasteiger partial charge in [0.05, 0.1) is 0 Å². The fraction of sp³-hybridized carbons (Fsp3) is 0.333. The van der Waals surface area contributed by atoms with Crippen molar-refractivity contribution in [2.75, 3.05) is 12.4 Å². The Kier molecular flexibility index (Phi) is 3.45. The van der Waals surface area contributed by atoms with Gasteiger partial charge in [0.1, 0.15) is 0 Å². The maximum absolute atomic E-state index is 3.27. The van der Waals surface area contributed by atoms with E-state index < -0.39 is 0 Å². The summed E-state index contributed by atoms with van der Waals surface area (Å²) in [5.41, 5.74) is 5.54. The summed E-state index contributed by atoms with van der Waals surface area (Å²) in [6.45, 7) is 2.25. The van der Waals surface area contributed by atoms with Crippen molar-refractivity contribution >= 4 is 11.3 Å². The minimum absolute atomic E-state index is 1.15. The molecule has 0 atom stereocenters. The van der Waals surface area contributed by atoms with Crippen LogP contribution in [0.1, 0.15) is 31.7 Å². The van der Waals surface area contributed by atoms with Crippen molar-refractivity contribution in [1.82, 2.24) is 0 Å². The third kappa shape index (κ3) is 2.04. The van der Waals surface area contributed by atoms with Gasteiger partial charge in [-0.05, 0) is 30.9 Å². The Morgan fingerprint density at radius 1 is 1.25 bits per heavy atom. The van der Waals surface area contributed by atoms with Crippen molar-refractivity contribution in [3.8, 4) is 0 Å². The number of rotatable bonds is 3. The molecule has 1 N–H and O–H groups in total. The van der Waals surface area contributed by atoms with Crippen molar-refractivity contribution < 1.29 is 0 Å². The first-order valence-electron chi connectivity index (χ1n) is 6.02. The average Bonchev–Trinajstić information content (AvgIpc) is 2.38. The van der Waals surface area contributed by atoms with Crippen LogP contribution in [-0.4, -0.2) is 7.05 Å². The number of allylic oxidation sites excluding steroid dienone is 4. The second-order valence-electron chi connectivity index (χ2n) is 4.11. The molecule has 0 fully saturated rings. The van der Waals surface area contributed by atoms with E-state index >= 15 is 0 Å². The van der Waals surface area contributed by atoms with Gasteiger partial charge in [0.15, 0.2) is 0 Å². The Labute approximate surface area is 97.9 Å². The predicted octanol–water partition coefficient (Wildman–Crippen LogP) is 4.24. The quantitative estimate of drug-likeness (QED) is 0.791. The van der Waals surface area contributed by atoms with E-state index in [1.54, 1.807) is 5.57 Å². The molecule has 16 heavy (non-hydrogen) atoms. The van der Waals surface area contributed by atoms with Crippen LogP contribution >= 0.6 is 0 Å². The zero-order valence-corrected chi connectivity index (χ0v) is 10.1. The molecule has 0 aliphatic heterocycles. The Bertz CT molecular complexity index is 427. The van der Waals surface area contributed by atoms with Gasteiger partial charge in [0.2, 0.25) is 0 Å². The van der Waals surface area contributed by atoms with Gasteiger partial charge in [-0.3, -0.25) is 0 Å². The van der Waals surface area contributed by atoms with Crippen LogP contribution in [0.5, 0.6) is 0 Å². The first-order chi connectivity index (χ1) is 7.86. The van der Waals surface area contributed by atoms with E-state index in [1.807, 2.05) is 7.05 Å². The van der Waals surface area contributed by atoms with Crippen LogP contribution in [0.3, 0.4) is 0 Å². The molecular formula is C15H19N. The lowest BCUT2D eigenvalue weighted by atomic mass is 9.90. The molecule has 0 heterocycles. The van der Waals surface area contributed by atoms with Crippen molar-refractivity contribution in [3.05, 3.63) is 47.6 Å². The molecule has 0 saturated heterocycles. The van der Waals surface area contributed by atoms with Crippen LogP contribution in [0.2, 0.25) is 0 Å². The molecule has 0 bridgehead atoms. The highest BCUT2D eigenvalue weighted by Gasteiger charge is 2.11. The highest BCUT2D eigenvalue weighted by Crippen LogP contribution is 2.33. The molecule has 1 aromatic carbocycles. The summed E-state index contributed by atoms with van der Waals surface area (Å²) in [7, 11) is 1.98. The first kappa shape index (κ1) is 11.0. The smallest absolute Gasteiger partial charge is 0.0417 e. The second kappa shape index (κ2) is 5.02. The molecule has 0 unspecified atom stereocenters. The fourth-order valence-electron chi connectivity index (χ4n) is 2.29. The minimum atomic E-state index is 1.15. The summed E-state index contributed by atoms with van der Waals surface area (Å²) in [6.07, 6.45) is 8.10. The Morgan fingerprint density at radius 2 is 2.06 bits per heavy atom. The number of benzene rings is 1. The van der Waals surface area contributed by atoms with E-state index in [0.29, 0.717) is 0 Å². The van der Waals surface area contributed by atoms with Crippen LogP contribution in [0, 0.1) is 0 Å². The maximum atomic E-state index is 3.27. The molecule has 84 valence electrons. The zero-order valence-electron chi connectivity index (χ0n) is 10.1. The molecule has 1 aliphatic rings. The normalized spacial score (nSPS) is 15.4. The largest absolute Gasteiger partial charge is 0.388 e. The number of anilines is 1. The van der Waals surface area contributed by atoms with E-state index in [0.717, 1.165) is 6.42 Å². The molecule has 0 aromatic heterocycles. The monoisotopic (exact) mass is 213 g/mol. The number of hydrogen-bond acceptors (Lipinski definition) is 1. The lowest BCUT2D eigenvalue weighted by molar-refractivity contribution is 0.901. The summed E-state index contributed by atoms with van der Waals surface area (Å²) >= 11 is 0. The zero-order chi connectivity index (χ0) is 11.4. The van der Waals surface area contributed by atoms with Crippen LogP contribution in [0.4, 0.5) is 5.69 Å². The molecule has 0 saturated carbocycles. The van der Waals surface area contributed by atoms with Crippen LogP contribution < -0.4 is 5.32 Å². The molecule has 0 radical (unpaired) electrons. The summed E-state index contributed by atoms with van der Waals surface area (Å²) < 4.78 is 0. The van der Waals surface area contributed by atoms with Gasteiger partial charge in [0.25, 0.3) is 0 Å². The topological polar surface area (TPSA) is 12.0 Å². The van der Waals surface area contributed by atoms with Gasteiger partial charge in [-0.1, -0.05) is 42.8 Å². The van der Waals surface area contributed by atoms with E-state index in [-0.39, 0.29) is 0 Å². The molecule has 0 spiro atoms. The Hall–Kier alpha value is -1.50. The van der Waals surface area contributed by atoms with Gasteiger partial charge in [0, 0.05) is 18.3 Å². The van der Waals surface area contributed by atoms with Crippen molar-refractivity contribution in [3.63, 3.8) is 0 Å². The average molecular weight is 213 g/mol. The van der Waals surface area contributed by atoms with Gasteiger partial charge in [-0.15, -0.1) is 0 Å². The lowest BCUT2D eigenvalue weighted by Gasteiger charge is -2.17. The summed E-state index contributed by atoms with van der Waals surface area (Å²) in [5, 5.41) is 3.27. The summed E-state index contributed by atoms with van der Waals surface area (Å²) in [6, 6.07) is 8.53. The Balaban J connectivity index is 2.50. The summed E-state index contributed by atoms with van der Waals surface area (Å²) in [4.78, 5) is 0. The van der Waals surface area contributed by atoms with Crippen LogP contribution in [0.15, 0.2) is 42.0 Å². The highest BCUT2D eigenvalue weighted by atomic mass is 14.8. The highest BCUT2D eigenvalue weighted by molar-refractivity contribution is 5.84. The minimum Gasteiger partial charge on any atom is -0.388 e. The van der Waals surface area contributed by atoms with Crippen molar-refractivity contribution in [2.45, 2.75) is 26.2 Å². The lowest BCUT2D eigenvalue weighted by Crippen LogP contribution is -1.98. The van der Waals surface area contributed by atoms with Crippen molar-refractivity contribution in [1.29, 1.82) is 0 Å². The molecular weight excluding hydrogens is 194 g/mol. The van der Waals surface area contributed by atoms with E-state index in [1.165, 1.54) is 29.7 Å². The standard InChI is InChI=1S/C15H19N/c1-3-12-8-4-5-9-13(12)14-10-6-7-11-15(14)16-2/h5-7,9-11,16H,3-4,8H2,1-2H3. The first-order valence-corrected chi connectivity index (χ1v) is 6.02. The molecule has 1 aliphatic carbocycles. The maximum Gasteiger partial charge on any atom is 0.0417 e. The predicted molar refractivity (Wildman–Crippen MR) is 71.6 cm³/mol. The number of nitrogens with one attached hydrogen (secondary N) is 1. The van der Waals surface area contributed by atoms with Gasteiger partial charge in [-0.25, -0.2) is 0 Å². The SMILES string of the molecule is CCC1=C(c2ccccc2NC)C=CCC1. The third-order valence-electron chi connectivity index (χ3n) is 3.19. The van der Waals surface area contributed by atoms with E-state index in [9.17, 15) is 0 Å². The van der Waals surface area contributed by atoms with Crippen molar-refractivity contribution in [2.24, 2.45) is 0 Å². The molecule has 1 aromatic rings. The Morgan fingerprint density at radius 3 is 2.81 bits per heavy atom.